The Morgan fingerprint density at radius 1 is 1.00 bits per heavy atom. The summed E-state index contributed by atoms with van der Waals surface area (Å²) in [5.74, 6) is -0.0550. The van der Waals surface area contributed by atoms with Crippen LogP contribution in [-0.4, -0.2) is 63.7 Å². The molecule has 0 spiro atoms. The number of nitrogens with zero attached hydrogens (tertiary/aromatic N) is 2. The number of rotatable bonds is 14. The van der Waals surface area contributed by atoms with Crippen LogP contribution in [0.2, 0.25) is 0 Å². The molecular weight excluding hydrogens is 466 g/mol. The number of sulfonamides is 1. The molecule has 0 saturated heterocycles. The lowest BCUT2D eigenvalue weighted by atomic mass is 10.1. The number of nitrogens with one attached hydrogen (secondary N) is 1. The highest BCUT2D eigenvalue weighted by Crippen LogP contribution is 2.22. The molecule has 0 radical (unpaired) electrons. The van der Waals surface area contributed by atoms with E-state index in [-0.39, 0.29) is 5.91 Å². The van der Waals surface area contributed by atoms with E-state index in [1.807, 2.05) is 51.1 Å². The number of amides is 2. The predicted octanol–water partition coefficient (Wildman–Crippen LogP) is 3.23. The number of carbonyl (C=O) groups excluding carboxylic acids is 2. The molecule has 0 aliphatic rings. The number of benzene rings is 2. The summed E-state index contributed by atoms with van der Waals surface area (Å²) >= 11 is 0. The first-order chi connectivity index (χ1) is 16.7. The molecule has 2 amide bonds. The largest absolute Gasteiger partial charge is 0.494 e. The summed E-state index contributed by atoms with van der Waals surface area (Å²) in [6.45, 7) is 6.56. The summed E-state index contributed by atoms with van der Waals surface area (Å²) in [4.78, 5) is 28.0. The van der Waals surface area contributed by atoms with Crippen LogP contribution in [0.3, 0.4) is 0 Å². The van der Waals surface area contributed by atoms with Crippen molar-refractivity contribution in [2.45, 2.75) is 46.1 Å². The van der Waals surface area contributed by atoms with Crippen LogP contribution in [0.1, 0.15) is 39.2 Å². The molecule has 0 saturated carbocycles. The van der Waals surface area contributed by atoms with E-state index in [0.717, 1.165) is 22.5 Å². The fourth-order valence-corrected chi connectivity index (χ4v) is 4.60. The summed E-state index contributed by atoms with van der Waals surface area (Å²) in [6, 6.07) is 15.5. The summed E-state index contributed by atoms with van der Waals surface area (Å²) in [5, 5.41) is 2.87. The lowest BCUT2D eigenvalue weighted by molar-refractivity contribution is -0.139. The molecule has 0 bridgehead atoms. The van der Waals surface area contributed by atoms with Gasteiger partial charge in [0.15, 0.2) is 0 Å². The van der Waals surface area contributed by atoms with Gasteiger partial charge in [-0.1, -0.05) is 44.2 Å². The number of anilines is 1. The van der Waals surface area contributed by atoms with Crippen molar-refractivity contribution >= 4 is 27.5 Å². The normalized spacial score (nSPS) is 12.0. The quantitative estimate of drug-likeness (QED) is 0.427. The van der Waals surface area contributed by atoms with Crippen molar-refractivity contribution in [1.29, 1.82) is 0 Å². The van der Waals surface area contributed by atoms with Crippen molar-refractivity contribution in [1.82, 2.24) is 10.2 Å². The molecule has 1 N–H and O–H groups in total. The van der Waals surface area contributed by atoms with Crippen LogP contribution in [0.15, 0.2) is 54.6 Å². The zero-order valence-electron chi connectivity index (χ0n) is 21.1. The van der Waals surface area contributed by atoms with Crippen LogP contribution in [0.5, 0.6) is 5.75 Å². The number of ether oxygens (including phenoxy) is 1. The summed E-state index contributed by atoms with van der Waals surface area (Å²) in [7, 11) is -3.76. The molecule has 0 heterocycles. The maximum absolute atomic E-state index is 13.6. The van der Waals surface area contributed by atoms with Crippen molar-refractivity contribution < 1.29 is 22.7 Å². The van der Waals surface area contributed by atoms with E-state index in [2.05, 4.69) is 5.32 Å². The third kappa shape index (κ3) is 8.58. The van der Waals surface area contributed by atoms with Gasteiger partial charge in [0.05, 0.1) is 18.6 Å². The molecule has 0 fully saturated rings. The van der Waals surface area contributed by atoms with Crippen LogP contribution >= 0.6 is 0 Å². The molecule has 2 rings (SSSR count). The molecule has 8 nitrogen and oxygen atoms in total. The Labute approximate surface area is 209 Å². The first-order valence-electron chi connectivity index (χ1n) is 12.0. The fourth-order valence-electron chi connectivity index (χ4n) is 3.75. The smallest absolute Gasteiger partial charge is 0.244 e. The van der Waals surface area contributed by atoms with Gasteiger partial charge in [0, 0.05) is 13.1 Å². The van der Waals surface area contributed by atoms with Gasteiger partial charge in [0.2, 0.25) is 21.8 Å². The monoisotopic (exact) mass is 503 g/mol. The Hall–Kier alpha value is -3.07. The second-order valence-corrected chi connectivity index (χ2v) is 10.1. The van der Waals surface area contributed by atoms with Crippen LogP contribution in [0, 0.1) is 0 Å². The third-order valence-electron chi connectivity index (χ3n) is 5.53. The highest BCUT2D eigenvalue weighted by Gasteiger charge is 2.31. The third-order valence-corrected chi connectivity index (χ3v) is 6.67. The molecule has 2 aromatic rings. The zero-order valence-corrected chi connectivity index (χ0v) is 21.9. The molecule has 35 heavy (non-hydrogen) atoms. The Morgan fingerprint density at radius 2 is 1.66 bits per heavy atom. The van der Waals surface area contributed by atoms with Crippen LogP contribution < -0.4 is 14.4 Å². The molecule has 0 aromatic heterocycles. The lowest BCUT2D eigenvalue weighted by Crippen LogP contribution is -2.53. The highest BCUT2D eigenvalue weighted by atomic mass is 32.2. The maximum atomic E-state index is 13.6. The van der Waals surface area contributed by atoms with Gasteiger partial charge in [-0.25, -0.2) is 8.42 Å². The van der Waals surface area contributed by atoms with E-state index in [4.69, 9.17) is 4.74 Å². The SMILES string of the molecule is CCCNC(=O)[C@H](CC)N(CCc1ccccc1)C(=O)CN(c1ccc(OCC)cc1)S(C)(=O)=O. The van der Waals surface area contributed by atoms with Gasteiger partial charge < -0.3 is 15.0 Å². The Morgan fingerprint density at radius 3 is 2.20 bits per heavy atom. The van der Waals surface area contributed by atoms with Gasteiger partial charge in [-0.2, -0.15) is 0 Å². The molecular formula is C26H37N3O5S. The molecule has 2 aromatic carbocycles. The second kappa shape index (κ2) is 13.7. The first-order valence-corrected chi connectivity index (χ1v) is 13.9. The van der Waals surface area contributed by atoms with E-state index >= 15 is 0 Å². The van der Waals surface area contributed by atoms with Gasteiger partial charge in [-0.15, -0.1) is 0 Å². The number of carbonyl (C=O) groups is 2. The number of hydrogen-bond acceptors (Lipinski definition) is 5. The predicted molar refractivity (Wildman–Crippen MR) is 139 cm³/mol. The Bertz CT molecular complexity index is 1040. The van der Waals surface area contributed by atoms with Crippen molar-refractivity contribution in [3.8, 4) is 5.75 Å². The van der Waals surface area contributed by atoms with E-state index in [9.17, 15) is 18.0 Å². The molecule has 0 aliphatic carbocycles. The van der Waals surface area contributed by atoms with Gasteiger partial charge >= 0.3 is 0 Å². The minimum atomic E-state index is -3.76. The molecule has 1 atom stereocenters. The standard InChI is InChI=1S/C26H37N3O5S/c1-5-18-27-26(31)24(6-2)28(19-17-21-11-9-8-10-12-21)25(30)20-29(35(4,32)33)22-13-15-23(16-14-22)34-7-3/h8-16,24H,5-7,17-20H2,1-4H3,(H,27,31)/t24-/m0/s1. The maximum Gasteiger partial charge on any atom is 0.244 e. The minimum absolute atomic E-state index is 0.234. The van der Waals surface area contributed by atoms with Crippen LogP contribution in [-0.2, 0) is 26.0 Å². The average molecular weight is 504 g/mol. The van der Waals surface area contributed by atoms with Crippen molar-refractivity contribution in [3.63, 3.8) is 0 Å². The summed E-state index contributed by atoms with van der Waals surface area (Å²) < 4.78 is 31.8. The first kappa shape index (κ1) is 28.2. The molecule has 0 aliphatic heterocycles. The molecule has 9 heteroatoms. The Balaban J connectivity index is 2.32. The highest BCUT2D eigenvalue weighted by molar-refractivity contribution is 7.92. The van der Waals surface area contributed by atoms with E-state index in [1.165, 1.54) is 4.90 Å². The van der Waals surface area contributed by atoms with Crippen molar-refractivity contribution in [2.24, 2.45) is 0 Å². The average Bonchev–Trinajstić information content (AvgIpc) is 2.84. The fraction of sp³-hybridized carbons (Fsp3) is 0.462. The van der Waals surface area contributed by atoms with Crippen LogP contribution in [0.4, 0.5) is 5.69 Å². The number of hydrogen-bond donors (Lipinski definition) is 1. The minimum Gasteiger partial charge on any atom is -0.494 e. The van der Waals surface area contributed by atoms with Gasteiger partial charge in [-0.3, -0.25) is 13.9 Å². The topological polar surface area (TPSA) is 96.0 Å². The van der Waals surface area contributed by atoms with Crippen molar-refractivity contribution in [2.75, 3.05) is 36.8 Å². The van der Waals surface area contributed by atoms with Gasteiger partial charge in [0.1, 0.15) is 18.3 Å². The van der Waals surface area contributed by atoms with E-state index in [0.29, 0.717) is 44.0 Å². The molecule has 192 valence electrons. The van der Waals surface area contributed by atoms with Gasteiger partial charge in [-0.05, 0) is 56.0 Å². The van der Waals surface area contributed by atoms with E-state index < -0.39 is 28.5 Å². The van der Waals surface area contributed by atoms with Gasteiger partial charge in [0.25, 0.3) is 0 Å². The Kier molecular flexibility index (Phi) is 11.0. The van der Waals surface area contributed by atoms with Crippen molar-refractivity contribution in [3.05, 3.63) is 60.2 Å². The lowest BCUT2D eigenvalue weighted by Gasteiger charge is -2.32. The van der Waals surface area contributed by atoms with Crippen LogP contribution in [0.25, 0.3) is 0 Å². The molecule has 0 unspecified atom stereocenters. The van der Waals surface area contributed by atoms with E-state index in [1.54, 1.807) is 24.3 Å². The summed E-state index contributed by atoms with van der Waals surface area (Å²) in [5.41, 5.74) is 1.39. The summed E-state index contributed by atoms with van der Waals surface area (Å²) in [6.07, 6.45) is 2.81. The zero-order chi connectivity index (χ0) is 25.8. The second-order valence-electron chi connectivity index (χ2n) is 8.23.